The van der Waals surface area contributed by atoms with E-state index in [0.717, 1.165) is 33.1 Å². The molecule has 46 heavy (non-hydrogen) atoms. The summed E-state index contributed by atoms with van der Waals surface area (Å²) in [7, 11) is 0. The van der Waals surface area contributed by atoms with Crippen molar-refractivity contribution in [1.29, 1.82) is 0 Å². The maximum absolute atomic E-state index is 13.9. The molecule has 4 aromatic rings. The van der Waals surface area contributed by atoms with Crippen LogP contribution < -0.4 is 11.2 Å². The van der Waals surface area contributed by atoms with Gasteiger partial charge in [-0.15, -0.1) is 11.3 Å². The number of pyridine rings is 1. The molecule has 0 radical (unpaired) electrons. The van der Waals surface area contributed by atoms with Crippen LogP contribution >= 0.6 is 11.3 Å². The first-order chi connectivity index (χ1) is 22.2. The highest BCUT2D eigenvalue weighted by Crippen LogP contribution is 2.22. The van der Waals surface area contributed by atoms with Crippen LogP contribution in [0.15, 0.2) is 84.4 Å². The molecule has 1 aliphatic heterocycles. The fourth-order valence-electron chi connectivity index (χ4n) is 5.89. The smallest absolute Gasteiger partial charge is 0.321 e. The van der Waals surface area contributed by atoms with Gasteiger partial charge in [-0.3, -0.25) is 15.6 Å². The third-order valence-corrected chi connectivity index (χ3v) is 9.02. The number of aryl methyl sites for hydroxylation is 1. The van der Waals surface area contributed by atoms with Crippen LogP contribution in [-0.2, 0) is 24.3 Å². The number of benzene rings is 2. The Morgan fingerprint density at radius 1 is 1.04 bits per heavy atom. The molecule has 2 aromatic carbocycles. The average Bonchev–Trinajstić information content (AvgIpc) is 3.62. The summed E-state index contributed by atoms with van der Waals surface area (Å²) in [5.74, 6) is 5.98. The quantitative estimate of drug-likeness (QED) is 0.139. The van der Waals surface area contributed by atoms with Gasteiger partial charge in [0.1, 0.15) is 6.04 Å². The maximum atomic E-state index is 13.9. The number of carbonyl (C=O) groups excluding carboxylic acids is 2. The Morgan fingerprint density at radius 3 is 2.43 bits per heavy atom. The predicted molar refractivity (Wildman–Crippen MR) is 180 cm³/mol. The first-order valence-electron chi connectivity index (χ1n) is 15.7. The first-order valence-corrected chi connectivity index (χ1v) is 16.5. The zero-order valence-corrected chi connectivity index (χ0v) is 27.4. The summed E-state index contributed by atoms with van der Waals surface area (Å²) in [5.41, 5.74) is 4.72. The summed E-state index contributed by atoms with van der Waals surface area (Å²) >= 11 is 1.55. The highest BCUT2D eigenvalue weighted by Gasteiger charge is 2.40. The zero-order valence-electron chi connectivity index (χ0n) is 26.6. The topological polar surface area (TPSA) is 128 Å². The number of nitrogens with two attached hydrogens (primary N) is 1. The molecule has 242 valence electrons. The Kier molecular flexibility index (Phi) is 11.1. The van der Waals surface area contributed by atoms with Crippen LogP contribution in [0.1, 0.15) is 35.7 Å². The molecule has 2 aromatic heterocycles. The fourth-order valence-corrected chi connectivity index (χ4v) is 6.49. The van der Waals surface area contributed by atoms with Gasteiger partial charge >= 0.3 is 6.03 Å². The monoisotopic (exact) mass is 641 g/mol. The number of urea groups is 1. The molecule has 3 atom stereocenters. The van der Waals surface area contributed by atoms with E-state index >= 15 is 0 Å². The lowest BCUT2D eigenvalue weighted by molar-refractivity contribution is -0.128. The third kappa shape index (κ3) is 8.55. The minimum Gasteiger partial charge on any atom is -0.390 e. The number of nitrogens with one attached hydrogen (secondary N) is 1. The molecule has 3 amide bonds. The average molecular weight is 642 g/mol. The number of nitrogens with zero attached hydrogens (tertiary/aromatic N) is 5. The molecule has 0 aliphatic carbocycles. The van der Waals surface area contributed by atoms with Gasteiger partial charge in [0.25, 0.3) is 0 Å². The Labute approximate surface area is 274 Å². The van der Waals surface area contributed by atoms with Crippen LogP contribution in [0, 0.1) is 12.8 Å². The first kappa shape index (κ1) is 33.2. The molecule has 0 saturated carbocycles. The van der Waals surface area contributed by atoms with E-state index < -0.39 is 18.2 Å². The van der Waals surface area contributed by atoms with Crippen molar-refractivity contribution >= 4 is 23.3 Å². The Hall–Kier alpha value is -4.16. The van der Waals surface area contributed by atoms with Crippen LogP contribution in [0.5, 0.6) is 0 Å². The second kappa shape index (κ2) is 15.4. The highest BCUT2D eigenvalue weighted by molar-refractivity contribution is 7.09. The van der Waals surface area contributed by atoms with E-state index in [4.69, 9.17) is 5.84 Å². The summed E-state index contributed by atoms with van der Waals surface area (Å²) in [4.78, 5) is 39.7. The van der Waals surface area contributed by atoms with Gasteiger partial charge in [0.05, 0.1) is 35.1 Å². The van der Waals surface area contributed by atoms with Gasteiger partial charge in [0, 0.05) is 43.3 Å². The van der Waals surface area contributed by atoms with E-state index in [0.29, 0.717) is 32.6 Å². The van der Waals surface area contributed by atoms with Gasteiger partial charge in [-0.2, -0.15) is 0 Å². The Morgan fingerprint density at radius 2 is 1.78 bits per heavy atom. The molecular formula is C35H43N7O3S. The van der Waals surface area contributed by atoms with Crippen LogP contribution in [0.25, 0.3) is 11.3 Å². The van der Waals surface area contributed by atoms with Crippen LogP contribution in [-0.4, -0.2) is 79.6 Å². The number of hydrogen-bond acceptors (Lipinski definition) is 8. The molecule has 0 spiro atoms. The predicted octanol–water partition coefficient (Wildman–Crippen LogP) is 4.24. The van der Waals surface area contributed by atoms with Crippen molar-refractivity contribution < 1.29 is 14.7 Å². The van der Waals surface area contributed by atoms with Gasteiger partial charge < -0.3 is 20.2 Å². The molecule has 1 saturated heterocycles. The summed E-state index contributed by atoms with van der Waals surface area (Å²) in [6.45, 7) is 7.75. The molecule has 1 fully saturated rings. The number of thiazole rings is 1. The zero-order chi connectivity index (χ0) is 32.6. The van der Waals surface area contributed by atoms with E-state index in [1.165, 1.54) is 0 Å². The Balaban J connectivity index is 1.25. The van der Waals surface area contributed by atoms with Crippen molar-refractivity contribution in [2.75, 3.05) is 19.6 Å². The summed E-state index contributed by atoms with van der Waals surface area (Å²) < 4.78 is 0. The summed E-state index contributed by atoms with van der Waals surface area (Å²) in [5, 5.41) is 19.1. The van der Waals surface area contributed by atoms with Crippen LogP contribution in [0.2, 0.25) is 0 Å². The van der Waals surface area contributed by atoms with Crippen molar-refractivity contribution in [2.24, 2.45) is 11.8 Å². The van der Waals surface area contributed by atoms with Crippen molar-refractivity contribution in [2.45, 2.75) is 58.5 Å². The number of aromatic nitrogens is 2. The minimum atomic E-state index is -0.964. The lowest BCUT2D eigenvalue weighted by atomic mass is 9.97. The number of rotatable bonds is 14. The van der Waals surface area contributed by atoms with Crippen molar-refractivity contribution in [3.05, 3.63) is 106 Å². The number of hydrazine groups is 1. The number of aliphatic hydroxyl groups is 1. The third-order valence-electron chi connectivity index (χ3n) is 8.19. The van der Waals surface area contributed by atoms with E-state index in [1.54, 1.807) is 32.3 Å². The number of hydrogen-bond donors (Lipinski definition) is 3. The van der Waals surface area contributed by atoms with E-state index in [9.17, 15) is 14.7 Å². The Bertz CT molecular complexity index is 1570. The van der Waals surface area contributed by atoms with Crippen LogP contribution in [0.3, 0.4) is 0 Å². The minimum absolute atomic E-state index is 0.135. The van der Waals surface area contributed by atoms with Crippen molar-refractivity contribution in [3.63, 3.8) is 0 Å². The second-order valence-corrected chi connectivity index (χ2v) is 13.2. The molecule has 5 rings (SSSR count). The largest absolute Gasteiger partial charge is 0.390 e. The molecule has 0 unspecified atom stereocenters. The SMILES string of the molecule is Cc1nc(CN2CCN([C@H](C(=O)N[C@@H](Cc3ccccc3)[C@H](O)CN(N)Cc3ccc(-c4ccccn4)cc3)C(C)C)C2=O)cs1. The lowest BCUT2D eigenvalue weighted by Gasteiger charge is -2.33. The van der Waals surface area contributed by atoms with Gasteiger partial charge in [0.15, 0.2) is 0 Å². The molecule has 11 heteroatoms. The van der Waals surface area contributed by atoms with Crippen molar-refractivity contribution in [1.82, 2.24) is 30.1 Å². The van der Waals surface area contributed by atoms with Gasteiger partial charge in [-0.1, -0.05) is 74.5 Å². The van der Waals surface area contributed by atoms with Gasteiger partial charge in [0.2, 0.25) is 5.91 Å². The molecular weight excluding hydrogens is 598 g/mol. The molecule has 0 bridgehead atoms. The van der Waals surface area contributed by atoms with E-state index in [1.807, 2.05) is 98.9 Å². The standard InChI is InChI=1S/C35H43N7O3S/c1-24(2)33(42-18-17-40(35(42)45)21-29-23-46-25(3)38-29)34(44)39-31(19-26-9-5-4-6-10-26)32(43)22-41(36)20-27-12-14-28(15-13-27)30-11-7-8-16-37-30/h4-16,23-24,31-33,43H,17-22,36H2,1-3H3,(H,39,44)/t31-,32+,33-/m0/s1. The molecule has 3 heterocycles. The van der Waals surface area contributed by atoms with Crippen LogP contribution in [0.4, 0.5) is 4.79 Å². The maximum Gasteiger partial charge on any atom is 0.321 e. The highest BCUT2D eigenvalue weighted by atomic mass is 32.1. The number of carbonyl (C=O) groups is 2. The van der Waals surface area contributed by atoms with Gasteiger partial charge in [-0.25, -0.2) is 14.8 Å². The second-order valence-electron chi connectivity index (χ2n) is 12.2. The fraction of sp³-hybridized carbons (Fsp3) is 0.371. The molecule has 1 aliphatic rings. The van der Waals surface area contributed by atoms with Gasteiger partial charge in [-0.05, 0) is 42.5 Å². The summed E-state index contributed by atoms with van der Waals surface area (Å²) in [6, 6.07) is 22.1. The number of aliphatic hydroxyl groups excluding tert-OH is 1. The lowest BCUT2D eigenvalue weighted by Crippen LogP contribution is -2.57. The summed E-state index contributed by atoms with van der Waals surface area (Å²) in [6.07, 6.45) is 1.21. The normalized spacial score (nSPS) is 15.4. The molecule has 4 N–H and O–H groups in total. The van der Waals surface area contributed by atoms with E-state index in [2.05, 4.69) is 15.3 Å². The molecule has 10 nitrogen and oxygen atoms in total. The number of amides is 3. The van der Waals surface area contributed by atoms with E-state index in [-0.39, 0.29) is 24.4 Å². The van der Waals surface area contributed by atoms with Crippen molar-refractivity contribution in [3.8, 4) is 11.3 Å².